The van der Waals surface area contributed by atoms with E-state index in [9.17, 15) is 4.79 Å². The van der Waals surface area contributed by atoms with Crippen molar-refractivity contribution in [1.82, 2.24) is 9.88 Å². The van der Waals surface area contributed by atoms with Crippen LogP contribution in [0.25, 0.3) is 10.9 Å². The first-order valence-electron chi connectivity index (χ1n) is 9.16. The summed E-state index contributed by atoms with van der Waals surface area (Å²) in [5.41, 5.74) is 4.15. The number of carbonyl (C=O) groups is 1. The number of hydrogen-bond donors (Lipinski definition) is 0. The van der Waals surface area contributed by atoms with E-state index in [4.69, 9.17) is 9.72 Å². The number of carbonyl (C=O) groups excluding carboxylic acids is 1. The van der Waals surface area contributed by atoms with Crippen molar-refractivity contribution >= 4 is 16.8 Å². The molecule has 1 aromatic carbocycles. The van der Waals surface area contributed by atoms with Crippen LogP contribution in [-0.2, 0) is 16.0 Å². The molecule has 2 aromatic rings. The Hall–Kier alpha value is -1.94. The molecule has 0 saturated carbocycles. The Kier molecular flexibility index (Phi) is 6.94. The third kappa shape index (κ3) is 4.37. The Balaban J connectivity index is 2.32. The van der Waals surface area contributed by atoms with Gasteiger partial charge in [-0.25, -0.2) is 0 Å². The number of nitrogens with zero attached hydrogens (tertiary/aromatic N) is 2. The van der Waals surface area contributed by atoms with E-state index in [1.807, 2.05) is 30.0 Å². The van der Waals surface area contributed by atoms with Gasteiger partial charge in [0.1, 0.15) is 0 Å². The highest BCUT2D eigenvalue weighted by molar-refractivity contribution is 5.86. The summed E-state index contributed by atoms with van der Waals surface area (Å²) in [5.74, 6) is 0.161. The van der Waals surface area contributed by atoms with Crippen LogP contribution >= 0.6 is 0 Å². The molecule has 0 aliphatic carbocycles. The molecule has 0 aliphatic heterocycles. The molecule has 0 spiro atoms. The Morgan fingerprint density at radius 3 is 2.52 bits per heavy atom. The van der Waals surface area contributed by atoms with Gasteiger partial charge in [-0.15, -0.1) is 0 Å². The van der Waals surface area contributed by atoms with Gasteiger partial charge in [-0.05, 0) is 43.9 Å². The van der Waals surface area contributed by atoms with Gasteiger partial charge in [-0.2, -0.15) is 0 Å². The Morgan fingerprint density at radius 1 is 1.20 bits per heavy atom. The van der Waals surface area contributed by atoms with Gasteiger partial charge < -0.3 is 9.64 Å². The lowest BCUT2D eigenvalue weighted by molar-refractivity contribution is -0.133. The van der Waals surface area contributed by atoms with Crippen LogP contribution in [-0.4, -0.2) is 42.1 Å². The van der Waals surface area contributed by atoms with E-state index in [2.05, 4.69) is 26.8 Å². The summed E-state index contributed by atoms with van der Waals surface area (Å²) in [4.78, 5) is 19.7. The number of rotatable bonds is 8. The lowest BCUT2D eigenvalue weighted by Gasteiger charge is -2.31. The number of hydrogen-bond acceptors (Lipinski definition) is 3. The molecule has 0 fully saturated rings. The van der Waals surface area contributed by atoms with Crippen LogP contribution in [0.5, 0.6) is 0 Å². The van der Waals surface area contributed by atoms with E-state index in [0.29, 0.717) is 19.6 Å². The maximum absolute atomic E-state index is 13.1. The fourth-order valence-corrected chi connectivity index (χ4v) is 3.51. The van der Waals surface area contributed by atoms with E-state index in [1.165, 1.54) is 0 Å². The molecular weight excluding hydrogens is 312 g/mol. The molecule has 2 rings (SSSR count). The van der Waals surface area contributed by atoms with Crippen molar-refractivity contribution in [2.75, 3.05) is 20.3 Å². The number of fused-ring (bicyclic) bond motifs is 1. The van der Waals surface area contributed by atoms with Crippen molar-refractivity contribution in [1.29, 1.82) is 0 Å². The number of amides is 1. The maximum atomic E-state index is 13.1. The smallest absolute Gasteiger partial charge is 0.227 e. The minimum atomic E-state index is 0.161. The second-order valence-electron chi connectivity index (χ2n) is 6.54. The Bertz CT molecular complexity index is 723. The predicted molar refractivity (Wildman–Crippen MR) is 103 cm³/mol. The van der Waals surface area contributed by atoms with Crippen LogP contribution in [0.2, 0.25) is 0 Å². The predicted octanol–water partition coefficient (Wildman–Crippen LogP) is 4.06. The number of benzene rings is 1. The minimum absolute atomic E-state index is 0.161. The molecule has 0 unspecified atom stereocenters. The molecule has 0 N–H and O–H groups in total. The molecule has 4 nitrogen and oxygen atoms in total. The largest absolute Gasteiger partial charge is 0.383 e. The molecule has 1 amide bonds. The standard InChI is InChI=1S/C21H30N2O2/c1-6-17(7-2)23(12-13-25-5)21(24)14-19-15(3)18-10-8-9-11-20(18)22-16(19)4/h8-11,17H,6-7,12-14H2,1-5H3. The van der Waals surface area contributed by atoms with Crippen LogP contribution in [0, 0.1) is 13.8 Å². The normalized spacial score (nSPS) is 11.3. The quantitative estimate of drug-likeness (QED) is 0.726. The van der Waals surface area contributed by atoms with Gasteiger partial charge in [0.2, 0.25) is 5.91 Å². The second-order valence-corrected chi connectivity index (χ2v) is 6.54. The zero-order chi connectivity index (χ0) is 18.4. The monoisotopic (exact) mass is 342 g/mol. The van der Waals surface area contributed by atoms with E-state index < -0.39 is 0 Å². The van der Waals surface area contributed by atoms with Gasteiger partial charge in [-0.1, -0.05) is 32.0 Å². The zero-order valence-corrected chi connectivity index (χ0v) is 16.1. The number of para-hydroxylation sites is 1. The molecule has 1 heterocycles. The fraction of sp³-hybridized carbons (Fsp3) is 0.524. The van der Waals surface area contributed by atoms with Gasteiger partial charge in [0, 0.05) is 30.8 Å². The van der Waals surface area contributed by atoms with E-state index in [1.54, 1.807) is 7.11 Å². The summed E-state index contributed by atoms with van der Waals surface area (Å²) in [6, 6.07) is 8.38. The number of ether oxygens (including phenoxy) is 1. The van der Waals surface area contributed by atoms with Crippen LogP contribution in [0.3, 0.4) is 0 Å². The Labute approximate surface area is 151 Å². The number of aromatic nitrogens is 1. The Morgan fingerprint density at radius 2 is 1.88 bits per heavy atom. The molecule has 0 atom stereocenters. The summed E-state index contributed by atoms with van der Waals surface area (Å²) < 4.78 is 5.21. The van der Waals surface area contributed by atoms with E-state index >= 15 is 0 Å². The number of methoxy groups -OCH3 is 1. The molecule has 1 aromatic heterocycles. The van der Waals surface area contributed by atoms with Gasteiger partial charge in [0.25, 0.3) is 0 Å². The van der Waals surface area contributed by atoms with Crippen LogP contribution in [0.15, 0.2) is 24.3 Å². The summed E-state index contributed by atoms with van der Waals surface area (Å²) >= 11 is 0. The highest BCUT2D eigenvalue weighted by Crippen LogP contribution is 2.24. The van der Waals surface area contributed by atoms with Crippen LogP contribution < -0.4 is 0 Å². The summed E-state index contributed by atoms with van der Waals surface area (Å²) in [7, 11) is 1.68. The third-order valence-electron chi connectivity index (χ3n) is 5.05. The minimum Gasteiger partial charge on any atom is -0.383 e. The average Bonchev–Trinajstić information content (AvgIpc) is 2.62. The maximum Gasteiger partial charge on any atom is 0.227 e. The van der Waals surface area contributed by atoms with Crippen molar-refractivity contribution in [2.24, 2.45) is 0 Å². The SMILES string of the molecule is CCC(CC)N(CCOC)C(=O)Cc1c(C)nc2ccccc2c1C. The second kappa shape index (κ2) is 8.95. The summed E-state index contributed by atoms with van der Waals surface area (Å²) in [6.07, 6.45) is 2.31. The van der Waals surface area contributed by atoms with Crippen molar-refractivity contribution in [3.8, 4) is 0 Å². The van der Waals surface area contributed by atoms with Crippen molar-refractivity contribution in [3.05, 3.63) is 41.1 Å². The fourth-order valence-electron chi connectivity index (χ4n) is 3.51. The average molecular weight is 342 g/mol. The highest BCUT2D eigenvalue weighted by Gasteiger charge is 2.22. The van der Waals surface area contributed by atoms with Gasteiger partial charge in [0.05, 0.1) is 18.5 Å². The summed E-state index contributed by atoms with van der Waals surface area (Å²) in [5, 5.41) is 1.13. The van der Waals surface area contributed by atoms with Gasteiger partial charge in [-0.3, -0.25) is 9.78 Å². The molecule has 4 heteroatoms. The van der Waals surface area contributed by atoms with Crippen molar-refractivity contribution in [3.63, 3.8) is 0 Å². The van der Waals surface area contributed by atoms with Crippen LogP contribution in [0.1, 0.15) is 43.5 Å². The first kappa shape index (κ1) is 19.4. The lowest BCUT2D eigenvalue weighted by Crippen LogP contribution is -2.42. The van der Waals surface area contributed by atoms with Gasteiger partial charge >= 0.3 is 0 Å². The molecule has 25 heavy (non-hydrogen) atoms. The molecule has 0 bridgehead atoms. The molecule has 0 aliphatic rings. The first-order chi connectivity index (χ1) is 12.0. The molecular formula is C21H30N2O2. The topological polar surface area (TPSA) is 42.4 Å². The number of pyridine rings is 1. The van der Waals surface area contributed by atoms with Crippen LogP contribution in [0.4, 0.5) is 0 Å². The number of aryl methyl sites for hydroxylation is 2. The van der Waals surface area contributed by atoms with Crippen molar-refractivity contribution in [2.45, 2.75) is 53.0 Å². The first-order valence-corrected chi connectivity index (χ1v) is 9.16. The molecule has 0 saturated heterocycles. The molecule has 0 radical (unpaired) electrons. The lowest BCUT2D eigenvalue weighted by atomic mass is 9.98. The summed E-state index contributed by atoms with van der Waals surface area (Å²) in [6.45, 7) is 9.57. The van der Waals surface area contributed by atoms with Gasteiger partial charge in [0.15, 0.2) is 0 Å². The van der Waals surface area contributed by atoms with E-state index in [0.717, 1.165) is 40.6 Å². The third-order valence-corrected chi connectivity index (χ3v) is 5.05. The highest BCUT2D eigenvalue weighted by atomic mass is 16.5. The zero-order valence-electron chi connectivity index (χ0n) is 16.1. The van der Waals surface area contributed by atoms with Crippen molar-refractivity contribution < 1.29 is 9.53 Å². The molecule has 136 valence electrons. The van der Waals surface area contributed by atoms with E-state index in [-0.39, 0.29) is 11.9 Å².